The van der Waals surface area contributed by atoms with Gasteiger partial charge in [0.15, 0.2) is 5.13 Å². The van der Waals surface area contributed by atoms with E-state index in [0.717, 1.165) is 22.2 Å². The summed E-state index contributed by atoms with van der Waals surface area (Å²) in [4.78, 5) is 31.5. The molecule has 2 aromatic carbocycles. The van der Waals surface area contributed by atoms with E-state index in [0.29, 0.717) is 10.7 Å². The summed E-state index contributed by atoms with van der Waals surface area (Å²) in [7, 11) is 0. The van der Waals surface area contributed by atoms with Gasteiger partial charge in [-0.25, -0.2) is 4.98 Å². The Hall–Kier alpha value is -3.19. The van der Waals surface area contributed by atoms with Crippen LogP contribution in [-0.2, 0) is 11.2 Å². The van der Waals surface area contributed by atoms with Crippen LogP contribution in [0, 0.1) is 0 Å². The molecule has 0 saturated heterocycles. The van der Waals surface area contributed by atoms with E-state index in [1.54, 1.807) is 12.1 Å². The van der Waals surface area contributed by atoms with E-state index in [-0.39, 0.29) is 17.9 Å². The largest absolute Gasteiger partial charge is 0.361 e. The van der Waals surface area contributed by atoms with Crippen molar-refractivity contribution in [3.63, 3.8) is 0 Å². The lowest BCUT2D eigenvalue weighted by Crippen LogP contribution is -2.34. The molecule has 7 heteroatoms. The summed E-state index contributed by atoms with van der Waals surface area (Å²) in [5.74, 6) is -0.285. The molecule has 2 aromatic heterocycles. The molecule has 28 heavy (non-hydrogen) atoms. The highest BCUT2D eigenvalue weighted by Crippen LogP contribution is 2.27. The molecule has 0 radical (unpaired) electrons. The molecule has 4 rings (SSSR count). The van der Waals surface area contributed by atoms with Crippen LogP contribution in [-0.4, -0.2) is 27.8 Å². The molecule has 0 aliphatic heterocycles. The molecular weight excluding hydrogens is 372 g/mol. The topological polar surface area (TPSA) is 86.9 Å². The van der Waals surface area contributed by atoms with Gasteiger partial charge in [-0.1, -0.05) is 29.5 Å². The quantitative estimate of drug-likeness (QED) is 0.478. The second-order valence-corrected chi connectivity index (χ2v) is 7.85. The second-order valence-electron chi connectivity index (χ2n) is 6.82. The maximum atomic E-state index is 12.7. The molecule has 0 fully saturated rings. The zero-order chi connectivity index (χ0) is 19.7. The standard InChI is InChI=1S/C21H20N4O2S/c1-12(9-15-11-22-17-6-4-3-5-16(15)17)23-20(27)14-7-8-18-19(10-14)28-21(25-18)24-13(2)26/h3-8,10-12,22H,9H2,1-2H3,(H,23,27)(H,24,25,26)/t12-/m1/s1. The van der Waals surface area contributed by atoms with Gasteiger partial charge in [-0.3, -0.25) is 9.59 Å². The smallest absolute Gasteiger partial charge is 0.251 e. The van der Waals surface area contributed by atoms with Crippen LogP contribution >= 0.6 is 11.3 Å². The number of aromatic amines is 1. The molecule has 0 aliphatic carbocycles. The van der Waals surface area contributed by atoms with E-state index in [2.05, 4.69) is 26.7 Å². The predicted molar refractivity (Wildman–Crippen MR) is 113 cm³/mol. The van der Waals surface area contributed by atoms with Crippen molar-refractivity contribution in [2.24, 2.45) is 0 Å². The van der Waals surface area contributed by atoms with Crippen molar-refractivity contribution in [3.05, 3.63) is 59.8 Å². The number of nitrogens with one attached hydrogen (secondary N) is 3. The van der Waals surface area contributed by atoms with Crippen molar-refractivity contribution in [2.75, 3.05) is 5.32 Å². The molecule has 0 unspecified atom stereocenters. The van der Waals surface area contributed by atoms with E-state index in [1.807, 2.05) is 37.4 Å². The Kier molecular flexibility index (Phi) is 4.83. The molecule has 2 heterocycles. The van der Waals surface area contributed by atoms with Crippen LogP contribution in [0.5, 0.6) is 0 Å². The lowest BCUT2D eigenvalue weighted by atomic mass is 10.1. The Morgan fingerprint density at radius 2 is 2.04 bits per heavy atom. The Bertz CT molecular complexity index is 1180. The van der Waals surface area contributed by atoms with E-state index >= 15 is 0 Å². The van der Waals surface area contributed by atoms with Crippen LogP contribution in [0.4, 0.5) is 5.13 Å². The number of fused-ring (bicyclic) bond motifs is 2. The van der Waals surface area contributed by atoms with Gasteiger partial charge in [-0.15, -0.1) is 0 Å². The van der Waals surface area contributed by atoms with Gasteiger partial charge in [0, 0.05) is 35.6 Å². The van der Waals surface area contributed by atoms with E-state index in [1.165, 1.54) is 29.2 Å². The van der Waals surface area contributed by atoms with Gasteiger partial charge < -0.3 is 15.6 Å². The molecule has 4 aromatic rings. The Morgan fingerprint density at radius 3 is 2.86 bits per heavy atom. The lowest BCUT2D eigenvalue weighted by Gasteiger charge is -2.13. The number of nitrogens with zero attached hydrogens (tertiary/aromatic N) is 1. The SMILES string of the molecule is CC(=O)Nc1nc2ccc(C(=O)N[C@H](C)Cc3c[nH]c4ccccc34)cc2s1. The number of para-hydroxylation sites is 1. The minimum Gasteiger partial charge on any atom is -0.361 e. The monoisotopic (exact) mass is 392 g/mol. The third kappa shape index (κ3) is 3.75. The molecule has 6 nitrogen and oxygen atoms in total. The maximum absolute atomic E-state index is 12.7. The number of carbonyl (C=O) groups excluding carboxylic acids is 2. The Labute approximate surface area is 166 Å². The van der Waals surface area contributed by atoms with Crippen molar-refractivity contribution in [1.29, 1.82) is 0 Å². The number of aromatic nitrogens is 2. The second kappa shape index (κ2) is 7.44. The minimum absolute atomic E-state index is 0.0150. The highest BCUT2D eigenvalue weighted by molar-refractivity contribution is 7.22. The number of thiazole rings is 1. The first kappa shape index (κ1) is 18.2. The van der Waals surface area contributed by atoms with E-state index in [4.69, 9.17) is 0 Å². The number of amides is 2. The van der Waals surface area contributed by atoms with Gasteiger partial charge in [0.2, 0.25) is 5.91 Å². The summed E-state index contributed by atoms with van der Waals surface area (Å²) in [6, 6.07) is 13.5. The molecule has 2 amide bonds. The summed E-state index contributed by atoms with van der Waals surface area (Å²) in [5.41, 5.74) is 3.62. The van der Waals surface area contributed by atoms with Crippen LogP contribution in [0.25, 0.3) is 21.1 Å². The lowest BCUT2D eigenvalue weighted by molar-refractivity contribution is -0.114. The van der Waals surface area contributed by atoms with Crippen LogP contribution in [0.2, 0.25) is 0 Å². The van der Waals surface area contributed by atoms with Gasteiger partial charge >= 0.3 is 0 Å². The van der Waals surface area contributed by atoms with Crippen LogP contribution in [0.15, 0.2) is 48.7 Å². The summed E-state index contributed by atoms with van der Waals surface area (Å²) < 4.78 is 0.862. The zero-order valence-electron chi connectivity index (χ0n) is 15.6. The summed E-state index contributed by atoms with van der Waals surface area (Å²) in [6.45, 7) is 3.44. The van der Waals surface area contributed by atoms with Crippen molar-refractivity contribution >= 4 is 49.4 Å². The van der Waals surface area contributed by atoms with Gasteiger partial charge in [0.05, 0.1) is 10.2 Å². The number of benzene rings is 2. The highest BCUT2D eigenvalue weighted by Gasteiger charge is 2.14. The molecule has 0 bridgehead atoms. The first-order valence-corrected chi connectivity index (χ1v) is 9.85. The summed E-state index contributed by atoms with van der Waals surface area (Å²) >= 11 is 1.35. The van der Waals surface area contributed by atoms with Crippen LogP contribution in [0.3, 0.4) is 0 Å². The van der Waals surface area contributed by atoms with Crippen molar-refractivity contribution in [1.82, 2.24) is 15.3 Å². The fourth-order valence-corrected chi connectivity index (χ4v) is 4.21. The number of carbonyl (C=O) groups is 2. The number of rotatable bonds is 5. The molecule has 0 spiro atoms. The predicted octanol–water partition coefficient (Wildman–Crippen LogP) is 4.10. The third-order valence-electron chi connectivity index (χ3n) is 4.51. The summed E-state index contributed by atoms with van der Waals surface area (Å²) in [5, 5.41) is 7.46. The molecular formula is C21H20N4O2S. The van der Waals surface area contributed by atoms with Crippen LogP contribution < -0.4 is 10.6 Å². The fraction of sp³-hybridized carbons (Fsp3) is 0.190. The number of hydrogen-bond acceptors (Lipinski definition) is 4. The average molecular weight is 392 g/mol. The number of H-pyrrole nitrogens is 1. The van der Waals surface area contributed by atoms with Gasteiger partial charge in [-0.05, 0) is 43.2 Å². The Balaban J connectivity index is 1.47. The number of hydrogen-bond donors (Lipinski definition) is 3. The van der Waals surface area contributed by atoms with Crippen molar-refractivity contribution in [2.45, 2.75) is 26.3 Å². The average Bonchev–Trinajstić information content (AvgIpc) is 3.24. The Morgan fingerprint density at radius 1 is 1.21 bits per heavy atom. The molecule has 1 atom stereocenters. The fourth-order valence-electron chi connectivity index (χ4n) is 3.26. The van der Waals surface area contributed by atoms with Gasteiger partial charge in [-0.2, -0.15) is 0 Å². The van der Waals surface area contributed by atoms with Crippen molar-refractivity contribution in [3.8, 4) is 0 Å². The zero-order valence-corrected chi connectivity index (χ0v) is 16.4. The van der Waals surface area contributed by atoms with Crippen molar-refractivity contribution < 1.29 is 9.59 Å². The van der Waals surface area contributed by atoms with E-state index in [9.17, 15) is 9.59 Å². The minimum atomic E-state index is -0.164. The molecule has 142 valence electrons. The maximum Gasteiger partial charge on any atom is 0.251 e. The highest BCUT2D eigenvalue weighted by atomic mass is 32.1. The first-order valence-electron chi connectivity index (χ1n) is 9.03. The molecule has 0 saturated carbocycles. The number of anilines is 1. The molecule has 3 N–H and O–H groups in total. The van der Waals surface area contributed by atoms with Gasteiger partial charge in [0.1, 0.15) is 0 Å². The normalized spacial score (nSPS) is 12.2. The first-order chi connectivity index (χ1) is 13.5. The summed E-state index contributed by atoms with van der Waals surface area (Å²) in [6.07, 6.45) is 2.74. The van der Waals surface area contributed by atoms with Gasteiger partial charge in [0.25, 0.3) is 5.91 Å². The molecule has 0 aliphatic rings. The van der Waals surface area contributed by atoms with Crippen LogP contribution in [0.1, 0.15) is 29.8 Å². The third-order valence-corrected chi connectivity index (χ3v) is 5.45. The van der Waals surface area contributed by atoms with E-state index < -0.39 is 0 Å².